The molecule has 2 aromatic carbocycles. The van der Waals surface area contributed by atoms with Crippen LogP contribution >= 0.6 is 23.2 Å². The number of carbonyl (C=O) groups excluding carboxylic acids is 1. The number of carbonyl (C=O) groups is 1. The summed E-state index contributed by atoms with van der Waals surface area (Å²) in [6.45, 7) is 0. The van der Waals surface area contributed by atoms with Crippen molar-refractivity contribution >= 4 is 46.8 Å². The number of aliphatic imine (C=N–C) groups is 1. The number of hydrogen-bond donors (Lipinski definition) is 0. The van der Waals surface area contributed by atoms with E-state index >= 15 is 0 Å². The molecule has 2 heterocycles. The van der Waals surface area contributed by atoms with Crippen molar-refractivity contribution in [1.29, 1.82) is 0 Å². The monoisotopic (exact) mass is 428 g/mol. The second-order valence-corrected chi connectivity index (χ2v) is 6.75. The van der Waals surface area contributed by atoms with Crippen LogP contribution in [0.25, 0.3) is 17.4 Å². The molecule has 0 bridgehead atoms. The second kappa shape index (κ2) is 7.54. The molecular weight excluding hydrogens is 419 g/mol. The number of furan rings is 1. The average Bonchev–Trinajstić information content (AvgIpc) is 3.29. The summed E-state index contributed by atoms with van der Waals surface area (Å²) in [6.07, 6.45) is 1.43. The Kier molecular flexibility index (Phi) is 4.92. The first-order valence-corrected chi connectivity index (χ1v) is 8.99. The number of nitro groups is 1. The minimum Gasteiger partial charge on any atom is -0.457 e. The summed E-state index contributed by atoms with van der Waals surface area (Å²) in [5, 5.41) is 11.4. The average molecular weight is 429 g/mol. The Hall–Kier alpha value is -3.42. The lowest BCUT2D eigenvalue weighted by Gasteiger charge is -2.00. The zero-order chi connectivity index (χ0) is 20.5. The van der Waals surface area contributed by atoms with Crippen LogP contribution in [0.1, 0.15) is 11.3 Å². The Morgan fingerprint density at radius 1 is 1.00 bits per heavy atom. The number of non-ortho nitro benzene ring substituents is 1. The van der Waals surface area contributed by atoms with Crippen LogP contribution in [0.5, 0.6) is 0 Å². The topological polar surface area (TPSA) is 94.9 Å². The van der Waals surface area contributed by atoms with E-state index in [9.17, 15) is 14.9 Å². The van der Waals surface area contributed by atoms with Gasteiger partial charge in [-0.1, -0.05) is 35.3 Å². The van der Waals surface area contributed by atoms with Crippen molar-refractivity contribution < 1.29 is 18.9 Å². The van der Waals surface area contributed by atoms with Gasteiger partial charge in [0, 0.05) is 23.8 Å². The summed E-state index contributed by atoms with van der Waals surface area (Å²) in [6, 6.07) is 14.2. The van der Waals surface area contributed by atoms with Crippen LogP contribution in [0.3, 0.4) is 0 Å². The highest BCUT2D eigenvalue weighted by molar-refractivity contribution is 6.34. The van der Waals surface area contributed by atoms with Crippen molar-refractivity contribution in [1.82, 2.24) is 0 Å². The third kappa shape index (κ3) is 3.78. The molecule has 4 rings (SSSR count). The van der Waals surface area contributed by atoms with Gasteiger partial charge in [-0.15, -0.1) is 0 Å². The maximum absolute atomic E-state index is 12.1. The Balaban J connectivity index is 1.64. The van der Waals surface area contributed by atoms with E-state index in [0.717, 1.165) is 0 Å². The van der Waals surface area contributed by atoms with E-state index in [1.54, 1.807) is 36.4 Å². The zero-order valence-electron chi connectivity index (χ0n) is 14.5. The number of halogens is 2. The molecule has 0 saturated carbocycles. The molecule has 29 heavy (non-hydrogen) atoms. The Morgan fingerprint density at radius 2 is 1.79 bits per heavy atom. The number of nitro benzene ring substituents is 1. The molecule has 0 N–H and O–H groups in total. The van der Waals surface area contributed by atoms with Crippen molar-refractivity contribution in [2.75, 3.05) is 0 Å². The lowest BCUT2D eigenvalue weighted by atomic mass is 10.1. The van der Waals surface area contributed by atoms with E-state index < -0.39 is 10.9 Å². The minimum atomic E-state index is -0.633. The number of rotatable bonds is 4. The van der Waals surface area contributed by atoms with Crippen molar-refractivity contribution in [2.45, 2.75) is 0 Å². The molecule has 3 aromatic rings. The summed E-state index contributed by atoms with van der Waals surface area (Å²) in [5.41, 5.74) is 0.915. The Bertz CT molecular complexity index is 1210. The van der Waals surface area contributed by atoms with Gasteiger partial charge in [-0.2, -0.15) is 0 Å². The molecule has 144 valence electrons. The predicted molar refractivity (Wildman–Crippen MR) is 108 cm³/mol. The lowest BCUT2D eigenvalue weighted by Crippen LogP contribution is -2.05. The SMILES string of the molecule is O=C1OC(c2ccccc2Cl)=N/C1=C\c1ccc(-c2ccc([N+](=O)[O-])cc2Cl)o1. The van der Waals surface area contributed by atoms with Gasteiger partial charge in [0.25, 0.3) is 5.69 Å². The zero-order valence-corrected chi connectivity index (χ0v) is 16.0. The molecule has 0 radical (unpaired) electrons. The van der Waals surface area contributed by atoms with Crippen LogP contribution in [0.15, 0.2) is 69.7 Å². The molecule has 0 spiro atoms. The van der Waals surface area contributed by atoms with E-state index in [0.29, 0.717) is 27.7 Å². The third-order valence-corrected chi connectivity index (χ3v) is 4.70. The van der Waals surface area contributed by atoms with Gasteiger partial charge in [0.05, 0.1) is 20.5 Å². The molecule has 0 amide bonds. The summed E-state index contributed by atoms with van der Waals surface area (Å²) >= 11 is 12.2. The second-order valence-electron chi connectivity index (χ2n) is 5.94. The first-order valence-electron chi connectivity index (χ1n) is 8.24. The van der Waals surface area contributed by atoms with Gasteiger partial charge in [-0.25, -0.2) is 9.79 Å². The van der Waals surface area contributed by atoms with Crippen LogP contribution < -0.4 is 0 Å². The van der Waals surface area contributed by atoms with Crippen molar-refractivity contribution in [3.05, 3.63) is 91.8 Å². The van der Waals surface area contributed by atoms with E-state index in [4.69, 9.17) is 32.4 Å². The van der Waals surface area contributed by atoms with Crippen LogP contribution in [0, 0.1) is 10.1 Å². The van der Waals surface area contributed by atoms with Crippen LogP contribution in [0.4, 0.5) is 5.69 Å². The van der Waals surface area contributed by atoms with Gasteiger partial charge < -0.3 is 9.15 Å². The van der Waals surface area contributed by atoms with Gasteiger partial charge in [0.15, 0.2) is 5.70 Å². The smallest absolute Gasteiger partial charge is 0.363 e. The van der Waals surface area contributed by atoms with Gasteiger partial charge in [-0.3, -0.25) is 10.1 Å². The quantitative estimate of drug-likeness (QED) is 0.236. The van der Waals surface area contributed by atoms with Crippen LogP contribution in [-0.2, 0) is 9.53 Å². The van der Waals surface area contributed by atoms with Gasteiger partial charge in [-0.05, 0) is 30.3 Å². The molecular formula is C20H10Cl2N2O5. The van der Waals surface area contributed by atoms with Crippen molar-refractivity contribution in [3.8, 4) is 11.3 Å². The summed E-state index contributed by atoms with van der Waals surface area (Å²) < 4.78 is 10.9. The summed E-state index contributed by atoms with van der Waals surface area (Å²) in [5.74, 6) is 0.201. The number of nitrogens with zero attached hydrogens (tertiary/aromatic N) is 2. The first-order chi connectivity index (χ1) is 13.9. The number of esters is 1. The fourth-order valence-corrected chi connectivity index (χ4v) is 3.17. The highest BCUT2D eigenvalue weighted by atomic mass is 35.5. The Morgan fingerprint density at radius 3 is 2.52 bits per heavy atom. The van der Waals surface area contributed by atoms with Crippen LogP contribution in [0.2, 0.25) is 10.0 Å². The van der Waals surface area contributed by atoms with E-state index in [2.05, 4.69) is 4.99 Å². The molecule has 0 atom stereocenters. The molecule has 0 unspecified atom stereocenters. The normalized spacial score (nSPS) is 14.8. The third-order valence-electron chi connectivity index (χ3n) is 4.06. The minimum absolute atomic E-state index is 0.0515. The number of benzene rings is 2. The highest BCUT2D eigenvalue weighted by Crippen LogP contribution is 2.33. The molecule has 1 aliphatic heterocycles. The summed E-state index contributed by atoms with van der Waals surface area (Å²) in [7, 11) is 0. The van der Waals surface area contributed by atoms with Crippen molar-refractivity contribution in [3.63, 3.8) is 0 Å². The molecule has 0 saturated heterocycles. The van der Waals surface area contributed by atoms with Gasteiger partial charge in [0.1, 0.15) is 11.5 Å². The molecule has 7 nitrogen and oxygen atoms in total. The molecule has 0 aliphatic carbocycles. The first kappa shape index (κ1) is 18.9. The van der Waals surface area contributed by atoms with E-state index in [1.165, 1.54) is 24.3 Å². The lowest BCUT2D eigenvalue weighted by molar-refractivity contribution is -0.384. The fourth-order valence-electron chi connectivity index (χ4n) is 2.69. The van der Waals surface area contributed by atoms with Crippen molar-refractivity contribution in [2.24, 2.45) is 4.99 Å². The largest absolute Gasteiger partial charge is 0.457 e. The van der Waals surface area contributed by atoms with E-state index in [-0.39, 0.29) is 22.3 Å². The molecule has 1 aliphatic rings. The summed E-state index contributed by atoms with van der Waals surface area (Å²) in [4.78, 5) is 26.6. The maximum atomic E-state index is 12.1. The molecule has 0 fully saturated rings. The van der Waals surface area contributed by atoms with Crippen LogP contribution in [-0.4, -0.2) is 16.8 Å². The number of hydrogen-bond acceptors (Lipinski definition) is 6. The number of cyclic esters (lactones) is 1. The Labute approximate surface area is 174 Å². The molecule has 9 heteroatoms. The predicted octanol–water partition coefficient (Wildman–Crippen LogP) is 5.51. The van der Waals surface area contributed by atoms with E-state index in [1.807, 2.05) is 0 Å². The molecule has 1 aromatic heterocycles. The highest BCUT2D eigenvalue weighted by Gasteiger charge is 2.26. The maximum Gasteiger partial charge on any atom is 0.363 e. The fraction of sp³-hybridized carbons (Fsp3) is 0. The van der Waals surface area contributed by atoms with Gasteiger partial charge >= 0.3 is 5.97 Å². The number of ether oxygens (including phenoxy) is 1. The van der Waals surface area contributed by atoms with Gasteiger partial charge in [0.2, 0.25) is 5.90 Å². The standard InChI is InChI=1S/C20H10Cl2N2O5/c21-15-4-2-1-3-14(15)19-23-17(20(25)29-19)10-12-6-8-18(28-12)13-7-5-11(24(26)27)9-16(13)22/h1-10H/b17-10-.